The molecule has 0 saturated carbocycles. The fourth-order valence-corrected chi connectivity index (χ4v) is 3.96. The fourth-order valence-electron chi connectivity index (χ4n) is 2.85. The molecule has 2 aliphatic heterocycles. The van der Waals surface area contributed by atoms with Crippen LogP contribution in [0.25, 0.3) is 0 Å². The van der Waals surface area contributed by atoms with Crippen LogP contribution in [0.4, 0.5) is 5.69 Å². The molecule has 22 heavy (non-hydrogen) atoms. The number of hydrogen-bond donors (Lipinski definition) is 1. The first-order chi connectivity index (χ1) is 10.6. The lowest BCUT2D eigenvalue weighted by molar-refractivity contribution is -0.126. The van der Waals surface area contributed by atoms with E-state index in [0.29, 0.717) is 24.9 Å². The highest BCUT2D eigenvalue weighted by atomic mass is 32.2. The molecule has 5 nitrogen and oxygen atoms in total. The summed E-state index contributed by atoms with van der Waals surface area (Å²) >= 11 is 1.83. The number of thioether (sulfide) groups is 1. The van der Waals surface area contributed by atoms with Gasteiger partial charge in [-0.3, -0.25) is 14.5 Å². The molecule has 118 valence electrons. The second-order valence-electron chi connectivity index (χ2n) is 5.79. The smallest absolute Gasteiger partial charge is 0.241 e. The van der Waals surface area contributed by atoms with Crippen LogP contribution < -0.4 is 10.2 Å². The molecule has 1 fully saturated rings. The molecule has 2 heterocycles. The zero-order valence-electron chi connectivity index (χ0n) is 12.7. The number of hydrogen-bond acceptors (Lipinski definition) is 4. The van der Waals surface area contributed by atoms with E-state index in [9.17, 15) is 9.59 Å². The lowest BCUT2D eigenvalue weighted by atomic mass is 10.2. The molecule has 0 aliphatic carbocycles. The molecule has 6 heteroatoms. The Morgan fingerprint density at radius 2 is 2.18 bits per heavy atom. The van der Waals surface area contributed by atoms with E-state index in [2.05, 4.69) is 18.3 Å². The highest BCUT2D eigenvalue weighted by Gasteiger charge is 2.26. The van der Waals surface area contributed by atoms with Gasteiger partial charge in [0.05, 0.1) is 18.8 Å². The molecular formula is C16H21N3O2S. The van der Waals surface area contributed by atoms with Crippen molar-refractivity contribution < 1.29 is 9.59 Å². The number of amides is 2. The van der Waals surface area contributed by atoms with E-state index in [4.69, 9.17) is 0 Å². The van der Waals surface area contributed by atoms with Crippen molar-refractivity contribution >= 4 is 29.3 Å². The molecule has 0 unspecified atom stereocenters. The van der Waals surface area contributed by atoms with E-state index in [-0.39, 0.29) is 11.8 Å². The van der Waals surface area contributed by atoms with Gasteiger partial charge in [0.15, 0.2) is 0 Å². The largest absolute Gasteiger partial charge is 0.354 e. The van der Waals surface area contributed by atoms with E-state index in [1.165, 1.54) is 0 Å². The zero-order chi connectivity index (χ0) is 15.5. The van der Waals surface area contributed by atoms with Crippen LogP contribution in [0.1, 0.15) is 13.3 Å². The summed E-state index contributed by atoms with van der Waals surface area (Å²) in [7, 11) is 0. The van der Waals surface area contributed by atoms with Crippen molar-refractivity contribution in [2.45, 2.75) is 23.5 Å². The lowest BCUT2D eigenvalue weighted by Crippen LogP contribution is -2.51. The summed E-state index contributed by atoms with van der Waals surface area (Å²) in [6.07, 6.45) is 0.978. The van der Waals surface area contributed by atoms with Crippen molar-refractivity contribution in [3.05, 3.63) is 24.3 Å². The third kappa shape index (κ3) is 3.44. The van der Waals surface area contributed by atoms with Crippen LogP contribution in [0, 0.1) is 0 Å². The summed E-state index contributed by atoms with van der Waals surface area (Å²) in [5.74, 6) is 0.0799. The van der Waals surface area contributed by atoms with Crippen molar-refractivity contribution in [1.82, 2.24) is 10.2 Å². The molecule has 0 radical (unpaired) electrons. The Labute approximate surface area is 135 Å². The summed E-state index contributed by atoms with van der Waals surface area (Å²) in [5, 5.41) is 3.29. The van der Waals surface area contributed by atoms with Crippen LogP contribution in [0.2, 0.25) is 0 Å². The van der Waals surface area contributed by atoms with Crippen LogP contribution in [-0.4, -0.2) is 54.7 Å². The average molecular weight is 319 g/mol. The van der Waals surface area contributed by atoms with Crippen molar-refractivity contribution in [2.75, 3.05) is 37.6 Å². The van der Waals surface area contributed by atoms with E-state index >= 15 is 0 Å². The van der Waals surface area contributed by atoms with Gasteiger partial charge in [0, 0.05) is 29.8 Å². The SMILES string of the molecule is C[C@@H]1CCN(C(=O)CN2CCNC(=O)C2)c2ccccc2S1. The van der Waals surface area contributed by atoms with Crippen LogP contribution >= 0.6 is 11.8 Å². The molecule has 1 aromatic rings. The maximum Gasteiger partial charge on any atom is 0.241 e. The van der Waals surface area contributed by atoms with Gasteiger partial charge < -0.3 is 10.2 Å². The predicted molar refractivity (Wildman–Crippen MR) is 88.2 cm³/mol. The van der Waals surface area contributed by atoms with Gasteiger partial charge >= 0.3 is 0 Å². The number of nitrogens with one attached hydrogen (secondary N) is 1. The minimum absolute atomic E-state index is 0.000468. The van der Waals surface area contributed by atoms with Gasteiger partial charge in [-0.05, 0) is 18.6 Å². The first-order valence-electron chi connectivity index (χ1n) is 7.68. The number of fused-ring (bicyclic) bond motifs is 1. The Balaban J connectivity index is 1.75. The van der Waals surface area contributed by atoms with Gasteiger partial charge in [0.2, 0.25) is 11.8 Å². The van der Waals surface area contributed by atoms with Gasteiger partial charge in [-0.1, -0.05) is 19.1 Å². The number of carbonyl (C=O) groups excluding carboxylic acids is 2. The van der Waals surface area contributed by atoms with E-state index < -0.39 is 0 Å². The van der Waals surface area contributed by atoms with E-state index in [1.54, 1.807) is 0 Å². The second kappa shape index (κ2) is 6.71. The third-order valence-electron chi connectivity index (χ3n) is 4.02. The summed E-state index contributed by atoms with van der Waals surface area (Å²) < 4.78 is 0. The van der Waals surface area contributed by atoms with E-state index in [1.807, 2.05) is 39.8 Å². The molecule has 1 saturated heterocycles. The Morgan fingerprint density at radius 3 is 3.00 bits per heavy atom. The lowest BCUT2D eigenvalue weighted by Gasteiger charge is -2.29. The van der Waals surface area contributed by atoms with Crippen LogP contribution in [-0.2, 0) is 9.59 Å². The van der Waals surface area contributed by atoms with Gasteiger partial charge in [0.25, 0.3) is 0 Å². The van der Waals surface area contributed by atoms with Gasteiger partial charge in [-0.15, -0.1) is 11.8 Å². The fraction of sp³-hybridized carbons (Fsp3) is 0.500. The average Bonchev–Trinajstić information content (AvgIpc) is 2.65. The topological polar surface area (TPSA) is 52.7 Å². The number of carbonyl (C=O) groups is 2. The minimum atomic E-state index is -0.000468. The first-order valence-corrected chi connectivity index (χ1v) is 8.56. The van der Waals surface area contributed by atoms with Crippen molar-refractivity contribution in [3.8, 4) is 0 Å². The highest BCUT2D eigenvalue weighted by Crippen LogP contribution is 2.37. The van der Waals surface area contributed by atoms with E-state index in [0.717, 1.165) is 30.1 Å². The number of benzene rings is 1. The van der Waals surface area contributed by atoms with Crippen LogP contribution in [0.5, 0.6) is 0 Å². The molecule has 1 aromatic carbocycles. The van der Waals surface area contributed by atoms with Crippen LogP contribution in [0.3, 0.4) is 0 Å². The quantitative estimate of drug-likeness (QED) is 0.894. The summed E-state index contributed by atoms with van der Waals surface area (Å²) in [4.78, 5) is 29.2. The summed E-state index contributed by atoms with van der Waals surface area (Å²) in [6.45, 7) is 4.91. The molecule has 3 rings (SSSR count). The Kier molecular flexibility index (Phi) is 4.69. The highest BCUT2D eigenvalue weighted by molar-refractivity contribution is 8.00. The Hall–Kier alpha value is -1.53. The minimum Gasteiger partial charge on any atom is -0.354 e. The maximum absolute atomic E-state index is 12.7. The molecule has 2 amide bonds. The standard InChI is InChI=1S/C16H21N3O2S/c1-12-6-8-19(13-4-2-3-5-14(13)22-12)16(21)11-18-9-7-17-15(20)10-18/h2-5,12H,6-11H2,1H3,(H,17,20)/t12-/m1/s1. The zero-order valence-corrected chi connectivity index (χ0v) is 13.6. The number of anilines is 1. The van der Waals surface area contributed by atoms with Gasteiger partial charge in [-0.25, -0.2) is 0 Å². The van der Waals surface area contributed by atoms with Crippen molar-refractivity contribution in [2.24, 2.45) is 0 Å². The Bertz CT molecular complexity index is 578. The van der Waals surface area contributed by atoms with Crippen molar-refractivity contribution in [3.63, 3.8) is 0 Å². The number of rotatable bonds is 2. The molecule has 0 bridgehead atoms. The summed E-state index contributed by atoms with van der Waals surface area (Å²) in [5.41, 5.74) is 1.00. The Morgan fingerprint density at radius 1 is 1.36 bits per heavy atom. The number of piperazine rings is 1. The predicted octanol–water partition coefficient (Wildman–Crippen LogP) is 1.34. The monoisotopic (exact) mass is 319 g/mol. The molecule has 1 atom stereocenters. The van der Waals surface area contributed by atoms with Crippen LogP contribution in [0.15, 0.2) is 29.2 Å². The third-order valence-corrected chi connectivity index (χ3v) is 5.26. The van der Waals surface area contributed by atoms with Gasteiger partial charge in [-0.2, -0.15) is 0 Å². The molecule has 2 aliphatic rings. The maximum atomic E-state index is 12.7. The molecule has 1 N–H and O–H groups in total. The molecular weight excluding hydrogens is 298 g/mol. The normalized spacial score (nSPS) is 22.7. The number of para-hydroxylation sites is 1. The van der Waals surface area contributed by atoms with Gasteiger partial charge in [0.1, 0.15) is 0 Å². The molecule has 0 aromatic heterocycles. The first kappa shape index (κ1) is 15.4. The van der Waals surface area contributed by atoms with Crippen molar-refractivity contribution in [1.29, 1.82) is 0 Å². The second-order valence-corrected chi connectivity index (χ2v) is 7.27. The number of nitrogens with zero attached hydrogens (tertiary/aromatic N) is 2. The summed E-state index contributed by atoms with van der Waals surface area (Å²) in [6, 6.07) is 8.09. The molecule has 0 spiro atoms.